The topological polar surface area (TPSA) is 33.3 Å². The summed E-state index contributed by atoms with van der Waals surface area (Å²) >= 11 is 0. The zero-order chi connectivity index (χ0) is 12.4. The zero-order valence-corrected chi connectivity index (χ0v) is 11.0. The summed E-state index contributed by atoms with van der Waals surface area (Å²) < 4.78 is 5.79. The number of nitrogens with one attached hydrogen (secondary N) is 2. The fourth-order valence-electron chi connectivity index (χ4n) is 3.02. The Morgan fingerprint density at radius 2 is 2.33 bits per heavy atom. The van der Waals surface area contributed by atoms with E-state index in [2.05, 4.69) is 35.8 Å². The number of rotatable bonds is 3. The first kappa shape index (κ1) is 11.8. The lowest BCUT2D eigenvalue weighted by Crippen LogP contribution is -2.27. The lowest BCUT2D eigenvalue weighted by Gasteiger charge is -2.22. The predicted molar refractivity (Wildman–Crippen MR) is 74.1 cm³/mol. The van der Waals surface area contributed by atoms with Crippen LogP contribution in [0, 0.1) is 5.92 Å². The van der Waals surface area contributed by atoms with Crippen LogP contribution in [-0.2, 0) is 6.54 Å². The summed E-state index contributed by atoms with van der Waals surface area (Å²) in [6.45, 7) is 4.94. The Labute approximate surface area is 109 Å². The Balaban J connectivity index is 1.65. The lowest BCUT2D eigenvalue weighted by molar-refractivity contribution is 0.318. The van der Waals surface area contributed by atoms with Crippen molar-refractivity contribution in [2.24, 2.45) is 5.92 Å². The minimum atomic E-state index is 0.687. The summed E-state index contributed by atoms with van der Waals surface area (Å²) in [6, 6.07) is 7.05. The van der Waals surface area contributed by atoms with Gasteiger partial charge in [-0.05, 0) is 31.2 Å². The number of benzene rings is 1. The van der Waals surface area contributed by atoms with Gasteiger partial charge in [0.2, 0.25) is 0 Å². The average Bonchev–Trinajstić information content (AvgIpc) is 2.82. The lowest BCUT2D eigenvalue weighted by atomic mass is 10.1. The van der Waals surface area contributed by atoms with Crippen LogP contribution in [0.25, 0.3) is 0 Å². The van der Waals surface area contributed by atoms with Crippen molar-refractivity contribution >= 4 is 5.69 Å². The molecule has 3 nitrogen and oxygen atoms in total. The van der Waals surface area contributed by atoms with Crippen molar-refractivity contribution < 1.29 is 4.74 Å². The highest BCUT2D eigenvalue weighted by atomic mass is 16.5. The Hall–Kier alpha value is -1.22. The van der Waals surface area contributed by atoms with E-state index in [9.17, 15) is 0 Å². The van der Waals surface area contributed by atoms with Crippen LogP contribution >= 0.6 is 0 Å². The average molecular weight is 246 g/mol. The number of hydrogen-bond donors (Lipinski definition) is 2. The second-order valence-electron chi connectivity index (χ2n) is 5.57. The summed E-state index contributed by atoms with van der Waals surface area (Å²) in [5.41, 5.74) is 2.42. The third kappa shape index (κ3) is 2.46. The highest BCUT2D eigenvalue weighted by Gasteiger charge is 2.21. The van der Waals surface area contributed by atoms with Crippen molar-refractivity contribution in [3.63, 3.8) is 0 Å². The molecule has 1 aromatic carbocycles. The van der Waals surface area contributed by atoms with E-state index in [0.29, 0.717) is 6.04 Å². The first-order chi connectivity index (χ1) is 8.83. The van der Waals surface area contributed by atoms with E-state index in [0.717, 1.165) is 37.1 Å². The fraction of sp³-hybridized carbons (Fsp3) is 0.600. The second-order valence-corrected chi connectivity index (χ2v) is 5.57. The first-order valence-electron chi connectivity index (χ1n) is 7.05. The number of para-hydroxylation sites is 1. The molecular weight excluding hydrogens is 224 g/mol. The molecule has 1 aliphatic heterocycles. The molecule has 0 spiro atoms. The van der Waals surface area contributed by atoms with Crippen molar-refractivity contribution in [3.8, 4) is 5.75 Å². The van der Waals surface area contributed by atoms with Gasteiger partial charge in [0.25, 0.3) is 0 Å². The molecule has 2 N–H and O–H groups in total. The van der Waals surface area contributed by atoms with E-state index in [-0.39, 0.29) is 0 Å². The standard InChI is InChI=1S/C15H22N2O/c1-11-5-6-13(9-11)17-10-12-3-2-4-14-15(12)18-8-7-16-14/h2-4,11,13,16-17H,5-10H2,1H3. The summed E-state index contributed by atoms with van der Waals surface area (Å²) in [4.78, 5) is 0. The van der Waals surface area contributed by atoms with Gasteiger partial charge in [0.05, 0.1) is 5.69 Å². The monoisotopic (exact) mass is 246 g/mol. The van der Waals surface area contributed by atoms with Gasteiger partial charge in [0.15, 0.2) is 0 Å². The highest BCUT2D eigenvalue weighted by Crippen LogP contribution is 2.32. The van der Waals surface area contributed by atoms with E-state index in [1.54, 1.807) is 0 Å². The molecule has 0 radical (unpaired) electrons. The minimum Gasteiger partial charge on any atom is -0.489 e. The Morgan fingerprint density at radius 1 is 1.39 bits per heavy atom. The molecular formula is C15H22N2O. The third-order valence-electron chi connectivity index (χ3n) is 4.04. The van der Waals surface area contributed by atoms with E-state index in [1.165, 1.54) is 24.8 Å². The maximum Gasteiger partial charge on any atom is 0.146 e. The molecule has 18 heavy (non-hydrogen) atoms. The van der Waals surface area contributed by atoms with Gasteiger partial charge in [-0.1, -0.05) is 19.1 Å². The molecule has 2 unspecified atom stereocenters. The minimum absolute atomic E-state index is 0.687. The molecule has 3 rings (SSSR count). The van der Waals surface area contributed by atoms with Crippen molar-refractivity contribution in [3.05, 3.63) is 23.8 Å². The van der Waals surface area contributed by atoms with Crippen molar-refractivity contribution in [1.29, 1.82) is 0 Å². The Kier molecular flexibility index (Phi) is 3.41. The molecule has 2 aliphatic rings. The smallest absolute Gasteiger partial charge is 0.146 e. The predicted octanol–water partition coefficient (Wildman–Crippen LogP) is 2.77. The van der Waals surface area contributed by atoms with Gasteiger partial charge in [-0.3, -0.25) is 0 Å². The molecule has 1 aliphatic carbocycles. The number of hydrogen-bond acceptors (Lipinski definition) is 3. The number of fused-ring (bicyclic) bond motifs is 1. The van der Waals surface area contributed by atoms with Gasteiger partial charge in [0.1, 0.15) is 12.4 Å². The normalized spacial score (nSPS) is 26.3. The molecule has 1 saturated carbocycles. The maximum atomic E-state index is 5.79. The van der Waals surface area contributed by atoms with Crippen LogP contribution in [0.15, 0.2) is 18.2 Å². The molecule has 0 amide bonds. The second kappa shape index (κ2) is 5.19. The van der Waals surface area contributed by atoms with Gasteiger partial charge in [0, 0.05) is 24.7 Å². The van der Waals surface area contributed by atoms with Crippen LogP contribution in [0.3, 0.4) is 0 Å². The SMILES string of the molecule is CC1CCC(NCc2cccc3c2OCCN3)C1. The molecule has 0 bridgehead atoms. The molecule has 1 fully saturated rings. The van der Waals surface area contributed by atoms with Crippen molar-refractivity contribution in [1.82, 2.24) is 5.32 Å². The zero-order valence-electron chi connectivity index (χ0n) is 11.0. The number of ether oxygens (including phenoxy) is 1. The van der Waals surface area contributed by atoms with Crippen LogP contribution in [0.5, 0.6) is 5.75 Å². The number of anilines is 1. The van der Waals surface area contributed by atoms with Crippen LogP contribution in [-0.4, -0.2) is 19.2 Å². The van der Waals surface area contributed by atoms with Gasteiger partial charge in [-0.25, -0.2) is 0 Å². The van der Waals surface area contributed by atoms with E-state index >= 15 is 0 Å². The van der Waals surface area contributed by atoms with Gasteiger partial charge < -0.3 is 15.4 Å². The highest BCUT2D eigenvalue weighted by molar-refractivity contribution is 5.61. The summed E-state index contributed by atoms with van der Waals surface area (Å²) in [6.07, 6.45) is 3.99. The van der Waals surface area contributed by atoms with Crippen LogP contribution < -0.4 is 15.4 Å². The van der Waals surface area contributed by atoms with Crippen molar-refractivity contribution in [2.45, 2.75) is 38.8 Å². The summed E-state index contributed by atoms with van der Waals surface area (Å²) in [7, 11) is 0. The molecule has 98 valence electrons. The molecule has 2 atom stereocenters. The maximum absolute atomic E-state index is 5.79. The van der Waals surface area contributed by atoms with Gasteiger partial charge in [-0.2, -0.15) is 0 Å². The fourth-order valence-corrected chi connectivity index (χ4v) is 3.02. The van der Waals surface area contributed by atoms with Crippen LogP contribution in [0.4, 0.5) is 5.69 Å². The first-order valence-corrected chi connectivity index (χ1v) is 7.05. The van der Waals surface area contributed by atoms with Crippen LogP contribution in [0.2, 0.25) is 0 Å². The molecule has 0 saturated heterocycles. The Morgan fingerprint density at radius 3 is 3.17 bits per heavy atom. The van der Waals surface area contributed by atoms with Gasteiger partial charge in [-0.15, -0.1) is 0 Å². The van der Waals surface area contributed by atoms with E-state index in [4.69, 9.17) is 4.74 Å². The van der Waals surface area contributed by atoms with E-state index < -0.39 is 0 Å². The van der Waals surface area contributed by atoms with Gasteiger partial charge >= 0.3 is 0 Å². The third-order valence-corrected chi connectivity index (χ3v) is 4.04. The largest absolute Gasteiger partial charge is 0.489 e. The summed E-state index contributed by atoms with van der Waals surface area (Å²) in [5, 5.41) is 7.06. The van der Waals surface area contributed by atoms with Crippen LogP contribution in [0.1, 0.15) is 31.7 Å². The molecule has 1 heterocycles. The molecule has 3 heteroatoms. The summed E-state index contributed by atoms with van der Waals surface area (Å²) in [5.74, 6) is 1.92. The quantitative estimate of drug-likeness (QED) is 0.860. The Bertz CT molecular complexity index is 419. The molecule has 0 aromatic heterocycles. The molecule has 1 aromatic rings. The van der Waals surface area contributed by atoms with Crippen molar-refractivity contribution in [2.75, 3.05) is 18.5 Å². The van der Waals surface area contributed by atoms with E-state index in [1.807, 2.05) is 0 Å².